The Morgan fingerprint density at radius 1 is 1.32 bits per heavy atom. The Balaban J connectivity index is 1.52. The molecule has 7 nitrogen and oxygen atoms in total. The summed E-state index contributed by atoms with van der Waals surface area (Å²) in [6, 6.07) is 10.1. The van der Waals surface area contributed by atoms with Gasteiger partial charge in [0.25, 0.3) is 5.89 Å². The van der Waals surface area contributed by atoms with Gasteiger partial charge in [0.05, 0.1) is 13.1 Å². The number of carboxylic acid groups (broad SMARTS) is 1. The number of carboxylic acids is 1. The van der Waals surface area contributed by atoms with Gasteiger partial charge < -0.3 is 9.63 Å². The summed E-state index contributed by atoms with van der Waals surface area (Å²) in [5.41, 5.74) is 0.923. The lowest BCUT2D eigenvalue weighted by Crippen LogP contribution is -2.46. The number of nitrogens with zero attached hydrogens (tertiary/aromatic N) is 4. The van der Waals surface area contributed by atoms with E-state index < -0.39 is 5.97 Å². The van der Waals surface area contributed by atoms with Crippen LogP contribution in [0.25, 0.3) is 11.5 Å². The van der Waals surface area contributed by atoms with Crippen molar-refractivity contribution in [1.82, 2.24) is 19.9 Å². The van der Waals surface area contributed by atoms with Crippen LogP contribution in [0.4, 0.5) is 0 Å². The zero-order valence-electron chi connectivity index (χ0n) is 14.5. The van der Waals surface area contributed by atoms with Crippen LogP contribution in [-0.4, -0.2) is 63.2 Å². The highest BCUT2D eigenvalue weighted by Crippen LogP contribution is 2.20. The molecule has 7 heteroatoms. The highest BCUT2D eigenvalue weighted by Gasteiger charge is 2.25. The second kappa shape index (κ2) is 8.22. The van der Waals surface area contributed by atoms with Crippen LogP contribution in [0.1, 0.15) is 25.6 Å². The lowest BCUT2D eigenvalue weighted by molar-refractivity contribution is -0.139. The van der Waals surface area contributed by atoms with Crippen LogP contribution in [-0.2, 0) is 11.3 Å². The summed E-state index contributed by atoms with van der Waals surface area (Å²) < 4.78 is 5.35. The first kappa shape index (κ1) is 17.6. The molecule has 1 N–H and O–H groups in total. The monoisotopic (exact) mass is 344 g/mol. The van der Waals surface area contributed by atoms with E-state index in [4.69, 9.17) is 9.63 Å². The van der Waals surface area contributed by atoms with Crippen LogP contribution in [0.3, 0.4) is 0 Å². The Morgan fingerprint density at radius 3 is 2.68 bits per heavy atom. The van der Waals surface area contributed by atoms with Crippen LogP contribution in [0.5, 0.6) is 0 Å². The Labute approximate surface area is 147 Å². The molecule has 0 bridgehead atoms. The van der Waals surface area contributed by atoms with Crippen molar-refractivity contribution < 1.29 is 14.4 Å². The average molecular weight is 344 g/mol. The van der Waals surface area contributed by atoms with Crippen molar-refractivity contribution in [3.63, 3.8) is 0 Å². The Bertz CT molecular complexity index is 681. The predicted octanol–water partition coefficient (Wildman–Crippen LogP) is 2.11. The number of hydrogen-bond acceptors (Lipinski definition) is 6. The normalized spacial score (nSPS) is 16.4. The van der Waals surface area contributed by atoms with E-state index in [1.165, 1.54) is 0 Å². The van der Waals surface area contributed by atoms with Crippen molar-refractivity contribution in [1.29, 1.82) is 0 Å². The number of aromatic nitrogens is 2. The van der Waals surface area contributed by atoms with Crippen LogP contribution in [0.2, 0.25) is 0 Å². The third-order valence-corrected chi connectivity index (χ3v) is 4.67. The number of piperidine rings is 1. The van der Waals surface area contributed by atoms with E-state index in [0.717, 1.165) is 38.0 Å². The maximum Gasteiger partial charge on any atom is 0.317 e. The minimum Gasteiger partial charge on any atom is -0.480 e. The molecule has 1 aliphatic rings. The van der Waals surface area contributed by atoms with Gasteiger partial charge in [-0.2, -0.15) is 4.98 Å². The van der Waals surface area contributed by atoms with Crippen molar-refractivity contribution in [2.75, 3.05) is 26.2 Å². The minimum atomic E-state index is -0.760. The fraction of sp³-hybridized carbons (Fsp3) is 0.500. The van der Waals surface area contributed by atoms with Gasteiger partial charge in [-0.15, -0.1) is 0 Å². The van der Waals surface area contributed by atoms with Crippen LogP contribution < -0.4 is 0 Å². The molecule has 0 unspecified atom stereocenters. The molecule has 0 atom stereocenters. The maximum absolute atomic E-state index is 11.0. The summed E-state index contributed by atoms with van der Waals surface area (Å²) in [6.07, 6.45) is 1.93. The highest BCUT2D eigenvalue weighted by molar-refractivity contribution is 5.69. The third-order valence-electron chi connectivity index (χ3n) is 4.67. The molecule has 2 aromatic rings. The minimum absolute atomic E-state index is 0.118. The molecule has 0 aliphatic carbocycles. The van der Waals surface area contributed by atoms with Gasteiger partial charge in [-0.05, 0) is 31.5 Å². The summed E-state index contributed by atoms with van der Waals surface area (Å²) in [5, 5.41) is 13.1. The molecule has 2 heterocycles. The molecule has 0 saturated carbocycles. The largest absolute Gasteiger partial charge is 0.480 e. The van der Waals surface area contributed by atoms with Crippen molar-refractivity contribution in [2.45, 2.75) is 32.4 Å². The Hall–Kier alpha value is -2.25. The van der Waals surface area contributed by atoms with Crippen LogP contribution >= 0.6 is 0 Å². The van der Waals surface area contributed by atoms with E-state index in [2.05, 4.69) is 15.0 Å². The molecule has 1 fully saturated rings. The summed E-state index contributed by atoms with van der Waals surface area (Å²) in [4.78, 5) is 19.8. The van der Waals surface area contributed by atoms with Gasteiger partial charge in [-0.1, -0.05) is 30.3 Å². The Morgan fingerprint density at radius 2 is 2.04 bits per heavy atom. The molecular formula is C18H24N4O3. The Kier molecular flexibility index (Phi) is 5.78. The molecule has 0 spiro atoms. The first-order valence-corrected chi connectivity index (χ1v) is 8.72. The first-order chi connectivity index (χ1) is 12.2. The first-order valence-electron chi connectivity index (χ1n) is 8.72. The number of carbonyl (C=O) groups is 1. The molecule has 1 aromatic carbocycles. The summed E-state index contributed by atoms with van der Waals surface area (Å²) in [7, 11) is 0. The molecule has 0 radical (unpaired) electrons. The molecule has 134 valence electrons. The quantitative estimate of drug-likeness (QED) is 0.823. The van der Waals surface area contributed by atoms with Gasteiger partial charge >= 0.3 is 5.97 Å². The number of hydrogen-bond donors (Lipinski definition) is 1. The summed E-state index contributed by atoms with van der Waals surface area (Å²) >= 11 is 0. The molecule has 25 heavy (non-hydrogen) atoms. The number of benzene rings is 1. The number of aliphatic carboxylic acids is 1. The molecule has 1 aliphatic heterocycles. The lowest BCUT2D eigenvalue weighted by atomic mass is 10.0. The van der Waals surface area contributed by atoms with E-state index in [1.54, 1.807) is 0 Å². The number of rotatable bonds is 7. The fourth-order valence-electron chi connectivity index (χ4n) is 3.33. The number of likely N-dealkylation sites (tertiary alicyclic amines) is 1. The van der Waals surface area contributed by atoms with Crippen LogP contribution in [0, 0.1) is 0 Å². The van der Waals surface area contributed by atoms with Gasteiger partial charge in [0, 0.05) is 24.7 Å². The van der Waals surface area contributed by atoms with Gasteiger partial charge in [-0.3, -0.25) is 14.6 Å². The molecule has 3 rings (SSSR count). The third kappa shape index (κ3) is 4.64. The van der Waals surface area contributed by atoms with E-state index >= 15 is 0 Å². The molecular weight excluding hydrogens is 320 g/mol. The SMILES string of the molecule is CCN(CC(=O)O)C1CCN(Cc2noc(-c3ccccc3)n2)CC1. The van der Waals surface area contributed by atoms with Gasteiger partial charge in [0.15, 0.2) is 5.82 Å². The standard InChI is InChI=1S/C18H24N4O3/c1-2-22(13-17(23)24)15-8-10-21(11-9-15)12-16-19-18(25-20-16)14-6-4-3-5-7-14/h3-7,15H,2,8-13H2,1H3,(H,23,24). The summed E-state index contributed by atoms with van der Waals surface area (Å²) in [6.45, 7) is 5.38. The fourth-order valence-corrected chi connectivity index (χ4v) is 3.33. The zero-order valence-corrected chi connectivity index (χ0v) is 14.5. The molecule has 1 saturated heterocycles. The van der Waals surface area contributed by atoms with E-state index in [9.17, 15) is 4.79 Å². The van der Waals surface area contributed by atoms with E-state index in [1.807, 2.05) is 42.2 Å². The number of likely N-dealkylation sites (N-methyl/N-ethyl adjacent to an activating group) is 1. The van der Waals surface area contributed by atoms with Crippen molar-refractivity contribution in [2.24, 2.45) is 0 Å². The highest BCUT2D eigenvalue weighted by atomic mass is 16.5. The van der Waals surface area contributed by atoms with Crippen LogP contribution in [0.15, 0.2) is 34.9 Å². The van der Waals surface area contributed by atoms with E-state index in [0.29, 0.717) is 24.3 Å². The van der Waals surface area contributed by atoms with Crippen molar-refractivity contribution in [3.8, 4) is 11.5 Å². The molecule has 0 amide bonds. The van der Waals surface area contributed by atoms with Crippen molar-refractivity contribution >= 4 is 5.97 Å². The smallest absolute Gasteiger partial charge is 0.317 e. The zero-order chi connectivity index (χ0) is 17.6. The predicted molar refractivity (Wildman–Crippen MR) is 92.9 cm³/mol. The average Bonchev–Trinajstić information content (AvgIpc) is 3.09. The maximum atomic E-state index is 11.0. The lowest BCUT2D eigenvalue weighted by Gasteiger charge is -2.37. The second-order valence-corrected chi connectivity index (χ2v) is 6.35. The van der Waals surface area contributed by atoms with Gasteiger partial charge in [0.2, 0.25) is 0 Å². The second-order valence-electron chi connectivity index (χ2n) is 6.35. The molecule has 1 aromatic heterocycles. The topological polar surface area (TPSA) is 82.7 Å². The van der Waals surface area contributed by atoms with Gasteiger partial charge in [0.1, 0.15) is 0 Å². The van der Waals surface area contributed by atoms with Crippen molar-refractivity contribution in [3.05, 3.63) is 36.2 Å². The summed E-state index contributed by atoms with van der Waals surface area (Å²) in [5.74, 6) is 0.476. The van der Waals surface area contributed by atoms with Gasteiger partial charge in [-0.25, -0.2) is 0 Å². The van der Waals surface area contributed by atoms with E-state index in [-0.39, 0.29) is 6.54 Å².